The Balaban J connectivity index is 2.05. The summed E-state index contributed by atoms with van der Waals surface area (Å²) in [6.45, 7) is 2.09. The van der Waals surface area contributed by atoms with Gasteiger partial charge < -0.3 is 10.4 Å². The number of aryl methyl sites for hydroxylation is 1. The van der Waals surface area contributed by atoms with Crippen LogP contribution in [0.2, 0.25) is 0 Å². The van der Waals surface area contributed by atoms with E-state index in [4.69, 9.17) is 5.26 Å². The molecule has 0 fully saturated rings. The zero-order valence-corrected chi connectivity index (χ0v) is 11.1. The van der Waals surface area contributed by atoms with Crippen molar-refractivity contribution in [2.24, 2.45) is 0 Å². The summed E-state index contributed by atoms with van der Waals surface area (Å²) in [4.78, 5) is 12.0. The van der Waals surface area contributed by atoms with Crippen molar-refractivity contribution in [2.45, 2.75) is 13.5 Å². The van der Waals surface area contributed by atoms with Gasteiger partial charge in [-0.1, -0.05) is 12.1 Å². The molecular weight excluding hydrogens is 252 g/mol. The molecule has 4 nitrogen and oxygen atoms in total. The summed E-state index contributed by atoms with van der Waals surface area (Å²) in [6.07, 6.45) is 0. The molecule has 0 aliphatic rings. The summed E-state index contributed by atoms with van der Waals surface area (Å²) in [5.74, 6) is -0.0428. The highest BCUT2D eigenvalue weighted by atomic mass is 16.3. The quantitative estimate of drug-likeness (QED) is 0.896. The van der Waals surface area contributed by atoms with Crippen molar-refractivity contribution in [1.82, 2.24) is 5.32 Å². The van der Waals surface area contributed by atoms with Crippen LogP contribution in [-0.4, -0.2) is 11.0 Å². The first-order valence-electron chi connectivity index (χ1n) is 6.17. The SMILES string of the molecule is Cc1cc(C(=O)NCc2cccc(C#N)c2)ccc1O. The number of phenolic OH excluding ortho intramolecular Hbond substituents is 1. The van der Waals surface area contributed by atoms with Gasteiger partial charge in [0.15, 0.2) is 0 Å². The van der Waals surface area contributed by atoms with Gasteiger partial charge in [0.2, 0.25) is 0 Å². The van der Waals surface area contributed by atoms with Gasteiger partial charge in [-0.2, -0.15) is 5.26 Å². The zero-order valence-electron chi connectivity index (χ0n) is 11.1. The number of rotatable bonds is 3. The highest BCUT2D eigenvalue weighted by molar-refractivity contribution is 5.94. The Labute approximate surface area is 117 Å². The number of aromatic hydroxyl groups is 1. The van der Waals surface area contributed by atoms with E-state index in [1.165, 1.54) is 6.07 Å². The first-order chi connectivity index (χ1) is 9.60. The number of nitrogens with one attached hydrogen (secondary N) is 1. The Bertz CT molecular complexity index is 687. The maximum absolute atomic E-state index is 12.0. The van der Waals surface area contributed by atoms with Gasteiger partial charge >= 0.3 is 0 Å². The molecule has 0 aliphatic carbocycles. The largest absolute Gasteiger partial charge is 0.508 e. The van der Waals surface area contributed by atoms with Crippen LogP contribution in [0.3, 0.4) is 0 Å². The average Bonchev–Trinajstić information content (AvgIpc) is 2.47. The molecule has 2 aromatic carbocycles. The number of carbonyl (C=O) groups is 1. The van der Waals surface area contributed by atoms with Crippen LogP contribution >= 0.6 is 0 Å². The van der Waals surface area contributed by atoms with E-state index in [2.05, 4.69) is 11.4 Å². The molecule has 0 unspecified atom stereocenters. The Morgan fingerprint density at radius 3 is 2.80 bits per heavy atom. The maximum atomic E-state index is 12.0. The standard InChI is InChI=1S/C16H14N2O2/c1-11-7-14(5-6-15(11)19)16(20)18-10-13-4-2-3-12(8-13)9-17/h2-8,19H,10H2,1H3,(H,18,20). The number of amides is 1. The topological polar surface area (TPSA) is 73.1 Å². The third kappa shape index (κ3) is 3.15. The molecule has 0 aliphatic heterocycles. The molecule has 0 saturated heterocycles. The van der Waals surface area contributed by atoms with Crippen LogP contribution in [0.4, 0.5) is 0 Å². The van der Waals surface area contributed by atoms with Gasteiger partial charge in [-0.05, 0) is 48.4 Å². The molecular formula is C16H14N2O2. The van der Waals surface area contributed by atoms with E-state index in [0.29, 0.717) is 23.2 Å². The fourth-order valence-corrected chi connectivity index (χ4v) is 1.83. The van der Waals surface area contributed by atoms with Crippen molar-refractivity contribution < 1.29 is 9.90 Å². The maximum Gasteiger partial charge on any atom is 0.251 e. The molecule has 2 rings (SSSR count). The molecule has 0 atom stereocenters. The molecule has 2 aromatic rings. The minimum atomic E-state index is -0.213. The van der Waals surface area contributed by atoms with E-state index in [0.717, 1.165) is 5.56 Å². The van der Waals surface area contributed by atoms with E-state index in [1.54, 1.807) is 37.3 Å². The van der Waals surface area contributed by atoms with Crippen LogP contribution in [0.25, 0.3) is 0 Å². The van der Waals surface area contributed by atoms with E-state index in [1.807, 2.05) is 6.07 Å². The smallest absolute Gasteiger partial charge is 0.251 e. The van der Waals surface area contributed by atoms with Crippen molar-refractivity contribution in [2.75, 3.05) is 0 Å². The Morgan fingerprint density at radius 2 is 2.10 bits per heavy atom. The van der Waals surface area contributed by atoms with Crippen LogP contribution in [0.1, 0.15) is 27.0 Å². The third-order valence-corrected chi connectivity index (χ3v) is 2.97. The van der Waals surface area contributed by atoms with Gasteiger partial charge in [0.25, 0.3) is 5.91 Å². The minimum Gasteiger partial charge on any atom is -0.508 e. The molecule has 0 heterocycles. The lowest BCUT2D eigenvalue weighted by molar-refractivity contribution is 0.0951. The molecule has 0 radical (unpaired) electrons. The second-order valence-electron chi connectivity index (χ2n) is 4.50. The molecule has 0 saturated carbocycles. The van der Waals surface area contributed by atoms with E-state index < -0.39 is 0 Å². The third-order valence-electron chi connectivity index (χ3n) is 2.97. The molecule has 2 N–H and O–H groups in total. The minimum absolute atomic E-state index is 0.170. The average molecular weight is 266 g/mol. The van der Waals surface area contributed by atoms with Crippen LogP contribution < -0.4 is 5.32 Å². The van der Waals surface area contributed by atoms with Crippen LogP contribution in [0, 0.1) is 18.3 Å². The lowest BCUT2D eigenvalue weighted by Crippen LogP contribution is -2.22. The van der Waals surface area contributed by atoms with Crippen LogP contribution in [0.15, 0.2) is 42.5 Å². The highest BCUT2D eigenvalue weighted by Crippen LogP contribution is 2.16. The molecule has 0 spiro atoms. The summed E-state index contributed by atoms with van der Waals surface area (Å²) in [5.41, 5.74) is 2.59. The number of hydrogen-bond acceptors (Lipinski definition) is 3. The first kappa shape index (κ1) is 13.6. The van der Waals surface area contributed by atoms with Gasteiger partial charge in [-0.3, -0.25) is 4.79 Å². The number of carbonyl (C=O) groups excluding carboxylic acids is 1. The van der Waals surface area contributed by atoms with Gasteiger partial charge in [-0.15, -0.1) is 0 Å². The molecule has 0 bridgehead atoms. The number of nitrogens with zero attached hydrogens (tertiary/aromatic N) is 1. The normalized spacial score (nSPS) is 9.80. The molecule has 100 valence electrons. The predicted octanol–water partition coefficient (Wildman–Crippen LogP) is 2.50. The summed E-state index contributed by atoms with van der Waals surface area (Å²) >= 11 is 0. The number of hydrogen-bond donors (Lipinski definition) is 2. The van der Waals surface area contributed by atoms with Crippen molar-refractivity contribution in [3.8, 4) is 11.8 Å². The van der Waals surface area contributed by atoms with Crippen molar-refractivity contribution in [3.05, 3.63) is 64.7 Å². The lowest BCUT2D eigenvalue weighted by Gasteiger charge is -2.07. The molecule has 1 amide bonds. The second kappa shape index (κ2) is 5.89. The zero-order chi connectivity index (χ0) is 14.5. The van der Waals surface area contributed by atoms with Gasteiger partial charge in [0, 0.05) is 12.1 Å². The summed E-state index contributed by atoms with van der Waals surface area (Å²) in [7, 11) is 0. The number of phenols is 1. The summed E-state index contributed by atoms with van der Waals surface area (Å²) in [6, 6.07) is 13.9. The predicted molar refractivity (Wildman–Crippen MR) is 75.2 cm³/mol. The van der Waals surface area contributed by atoms with E-state index in [-0.39, 0.29) is 11.7 Å². The second-order valence-corrected chi connectivity index (χ2v) is 4.50. The van der Waals surface area contributed by atoms with E-state index >= 15 is 0 Å². The van der Waals surface area contributed by atoms with Gasteiger partial charge in [0.1, 0.15) is 5.75 Å². The fourth-order valence-electron chi connectivity index (χ4n) is 1.83. The molecule has 20 heavy (non-hydrogen) atoms. The van der Waals surface area contributed by atoms with Crippen molar-refractivity contribution >= 4 is 5.91 Å². The number of nitriles is 1. The molecule has 4 heteroatoms. The lowest BCUT2D eigenvalue weighted by atomic mass is 10.1. The van der Waals surface area contributed by atoms with Crippen LogP contribution in [-0.2, 0) is 6.54 Å². The Morgan fingerprint density at radius 1 is 1.30 bits per heavy atom. The van der Waals surface area contributed by atoms with Gasteiger partial charge in [-0.25, -0.2) is 0 Å². The number of benzene rings is 2. The van der Waals surface area contributed by atoms with E-state index in [9.17, 15) is 9.90 Å². The summed E-state index contributed by atoms with van der Waals surface area (Å²) in [5, 5.41) is 21.0. The van der Waals surface area contributed by atoms with Crippen molar-refractivity contribution in [1.29, 1.82) is 5.26 Å². The molecule has 0 aromatic heterocycles. The Hall–Kier alpha value is -2.80. The van der Waals surface area contributed by atoms with Gasteiger partial charge in [0.05, 0.1) is 11.6 Å². The van der Waals surface area contributed by atoms with Crippen molar-refractivity contribution in [3.63, 3.8) is 0 Å². The first-order valence-corrected chi connectivity index (χ1v) is 6.17. The highest BCUT2D eigenvalue weighted by Gasteiger charge is 2.07. The summed E-state index contributed by atoms with van der Waals surface area (Å²) < 4.78 is 0. The Kier molecular flexibility index (Phi) is 4.02. The monoisotopic (exact) mass is 266 g/mol. The fraction of sp³-hybridized carbons (Fsp3) is 0.125. The van der Waals surface area contributed by atoms with Crippen LogP contribution in [0.5, 0.6) is 5.75 Å².